The largest absolute Gasteiger partial charge is 0.310 e. The van der Waals surface area contributed by atoms with E-state index in [1.165, 1.54) is 120 Å². The highest BCUT2D eigenvalue weighted by Gasteiger charge is 2.45. The Hall–Kier alpha value is -7.22. The van der Waals surface area contributed by atoms with Gasteiger partial charge in [0.05, 0.1) is 0 Å². The number of benzene rings is 9. The molecule has 0 amide bonds. The van der Waals surface area contributed by atoms with Gasteiger partial charge in [-0.1, -0.05) is 201 Å². The Labute approximate surface area is 353 Å². The lowest BCUT2D eigenvalue weighted by molar-refractivity contribution is 0.550. The summed E-state index contributed by atoms with van der Waals surface area (Å²) < 4.78 is 0. The van der Waals surface area contributed by atoms with Gasteiger partial charge in [-0.05, 0) is 127 Å². The van der Waals surface area contributed by atoms with E-state index in [-0.39, 0.29) is 5.41 Å². The lowest BCUT2D eigenvalue weighted by Gasteiger charge is -2.30. The van der Waals surface area contributed by atoms with Gasteiger partial charge in [0.15, 0.2) is 0 Å². The summed E-state index contributed by atoms with van der Waals surface area (Å²) in [5.41, 5.74) is 19.3. The number of hydrogen-bond acceptors (Lipinski definition) is 1. The highest BCUT2D eigenvalue weighted by atomic mass is 15.1. The summed E-state index contributed by atoms with van der Waals surface area (Å²) in [5.74, 6) is 0. The van der Waals surface area contributed by atoms with Crippen LogP contribution in [0.25, 0.3) is 67.4 Å². The summed E-state index contributed by atoms with van der Waals surface area (Å²) in [4.78, 5) is 2.40. The van der Waals surface area contributed by atoms with Crippen LogP contribution in [-0.4, -0.2) is 0 Å². The second-order valence-corrected chi connectivity index (χ2v) is 16.4. The number of hydrogen-bond donors (Lipinski definition) is 0. The molecular formula is C59H45N. The molecule has 286 valence electrons. The Morgan fingerprint density at radius 2 is 0.833 bits per heavy atom. The summed E-state index contributed by atoms with van der Waals surface area (Å²) in [6.07, 6.45) is 9.47. The second kappa shape index (κ2) is 15.2. The van der Waals surface area contributed by atoms with Gasteiger partial charge in [0.25, 0.3) is 0 Å². The molecule has 1 nitrogen and oxygen atoms in total. The summed E-state index contributed by atoms with van der Waals surface area (Å²) in [5, 5.41) is 2.55. The molecule has 0 radical (unpaired) electrons. The number of anilines is 3. The minimum absolute atomic E-state index is 0.0461. The van der Waals surface area contributed by atoms with Gasteiger partial charge in [-0.2, -0.15) is 0 Å². The molecular weight excluding hydrogens is 723 g/mol. The Balaban J connectivity index is 0.916. The maximum Gasteiger partial charge on any atom is 0.0465 e. The standard InChI is InChI=1S/C59H45N/c1-5-16-44(17-6-1)51-24-15-25-55-50(36-37-52(58(51)55)45-18-7-2-8-19-45)46-31-28-42(29-32-46)26-27-43-30-34-53-54-35-33-49(41-57(54)59(56(53)40-43)38-13-14-39-59)60(47-20-9-3-10-21-47)48-22-11-4-12-23-48/h1-12,15-37,40-41H,13-14,38-39H2. The number of rotatable bonds is 8. The molecule has 1 saturated carbocycles. The summed E-state index contributed by atoms with van der Waals surface area (Å²) >= 11 is 0. The molecule has 60 heavy (non-hydrogen) atoms. The summed E-state index contributed by atoms with van der Waals surface area (Å²) in [6, 6.07) is 77.9. The maximum absolute atomic E-state index is 2.50. The molecule has 1 spiro atoms. The van der Waals surface area contributed by atoms with E-state index in [1.807, 2.05) is 0 Å². The van der Waals surface area contributed by atoms with Gasteiger partial charge in [-0.3, -0.25) is 0 Å². The molecule has 2 aliphatic rings. The molecule has 2 aliphatic carbocycles. The first-order chi connectivity index (χ1) is 29.7. The zero-order valence-electron chi connectivity index (χ0n) is 33.6. The Bertz CT molecular complexity index is 2910. The zero-order valence-corrected chi connectivity index (χ0v) is 33.6. The molecule has 0 aliphatic heterocycles. The van der Waals surface area contributed by atoms with Gasteiger partial charge < -0.3 is 4.90 Å². The van der Waals surface area contributed by atoms with E-state index in [0.717, 1.165) is 0 Å². The van der Waals surface area contributed by atoms with Gasteiger partial charge in [-0.25, -0.2) is 0 Å². The Morgan fingerprint density at radius 1 is 0.350 bits per heavy atom. The Kier molecular flexibility index (Phi) is 9.09. The molecule has 1 heteroatoms. The van der Waals surface area contributed by atoms with Crippen molar-refractivity contribution in [1.29, 1.82) is 0 Å². The van der Waals surface area contributed by atoms with E-state index in [1.54, 1.807) is 0 Å². The molecule has 0 bridgehead atoms. The van der Waals surface area contributed by atoms with Crippen LogP contribution in [0.5, 0.6) is 0 Å². The zero-order chi connectivity index (χ0) is 39.9. The predicted octanol–water partition coefficient (Wildman–Crippen LogP) is 16.3. The fourth-order valence-corrected chi connectivity index (χ4v) is 10.2. The van der Waals surface area contributed by atoms with Crippen LogP contribution < -0.4 is 4.90 Å². The van der Waals surface area contributed by atoms with E-state index in [0.29, 0.717) is 0 Å². The quantitative estimate of drug-likeness (QED) is 0.139. The van der Waals surface area contributed by atoms with Crippen molar-refractivity contribution in [2.45, 2.75) is 31.1 Å². The lowest BCUT2D eigenvalue weighted by atomic mass is 9.76. The van der Waals surface area contributed by atoms with Crippen molar-refractivity contribution in [3.8, 4) is 44.5 Å². The van der Waals surface area contributed by atoms with Crippen LogP contribution in [0.3, 0.4) is 0 Å². The van der Waals surface area contributed by atoms with Crippen LogP contribution in [0, 0.1) is 0 Å². The molecule has 1 fully saturated rings. The van der Waals surface area contributed by atoms with Crippen molar-refractivity contribution in [2.24, 2.45) is 0 Å². The highest BCUT2D eigenvalue weighted by molar-refractivity contribution is 6.12. The first kappa shape index (κ1) is 35.9. The van der Waals surface area contributed by atoms with E-state index in [2.05, 4.69) is 229 Å². The van der Waals surface area contributed by atoms with Crippen LogP contribution in [-0.2, 0) is 5.41 Å². The van der Waals surface area contributed by atoms with Crippen molar-refractivity contribution in [2.75, 3.05) is 4.90 Å². The topological polar surface area (TPSA) is 3.24 Å². The molecule has 0 heterocycles. The first-order valence-corrected chi connectivity index (χ1v) is 21.4. The van der Waals surface area contributed by atoms with Gasteiger partial charge in [-0.15, -0.1) is 0 Å². The fraction of sp³-hybridized carbons (Fsp3) is 0.0847. The third-order valence-corrected chi connectivity index (χ3v) is 13.0. The lowest BCUT2D eigenvalue weighted by Crippen LogP contribution is -2.21. The van der Waals surface area contributed by atoms with Crippen molar-refractivity contribution >= 4 is 40.0 Å². The van der Waals surface area contributed by atoms with E-state index >= 15 is 0 Å². The van der Waals surface area contributed by atoms with Crippen molar-refractivity contribution in [3.05, 3.63) is 235 Å². The molecule has 9 aromatic rings. The van der Waals surface area contributed by atoms with Crippen molar-refractivity contribution in [1.82, 2.24) is 0 Å². The fourth-order valence-electron chi connectivity index (χ4n) is 10.2. The molecule has 0 N–H and O–H groups in total. The maximum atomic E-state index is 2.50. The van der Waals surface area contributed by atoms with Crippen LogP contribution in [0.15, 0.2) is 212 Å². The third kappa shape index (κ3) is 6.26. The molecule has 11 rings (SSSR count). The third-order valence-electron chi connectivity index (χ3n) is 13.0. The van der Waals surface area contributed by atoms with Gasteiger partial charge >= 0.3 is 0 Å². The van der Waals surface area contributed by atoms with Crippen molar-refractivity contribution < 1.29 is 0 Å². The molecule has 0 atom stereocenters. The van der Waals surface area contributed by atoms with E-state index in [4.69, 9.17) is 0 Å². The second-order valence-electron chi connectivity index (χ2n) is 16.4. The van der Waals surface area contributed by atoms with Crippen molar-refractivity contribution in [3.63, 3.8) is 0 Å². The SMILES string of the molecule is C(=Cc1ccc2c(c1)C1(CCCC1)c1cc(N(c3ccccc3)c3ccccc3)ccc1-2)c1ccc(-c2ccc(-c3ccccc3)c3c(-c4ccccc4)cccc23)cc1. The minimum atomic E-state index is 0.0461. The average molecular weight is 768 g/mol. The molecule has 9 aromatic carbocycles. The molecule has 0 aromatic heterocycles. The molecule has 0 saturated heterocycles. The summed E-state index contributed by atoms with van der Waals surface area (Å²) in [7, 11) is 0. The highest BCUT2D eigenvalue weighted by Crippen LogP contribution is 2.58. The molecule has 0 unspecified atom stereocenters. The number of nitrogens with zero attached hydrogens (tertiary/aromatic N) is 1. The normalized spacial score (nSPS) is 13.8. The predicted molar refractivity (Wildman–Crippen MR) is 255 cm³/mol. The number of para-hydroxylation sites is 2. The smallest absolute Gasteiger partial charge is 0.0465 e. The van der Waals surface area contributed by atoms with Gasteiger partial charge in [0.1, 0.15) is 0 Å². The van der Waals surface area contributed by atoms with Crippen LogP contribution in [0.4, 0.5) is 17.1 Å². The summed E-state index contributed by atoms with van der Waals surface area (Å²) in [6.45, 7) is 0. The van der Waals surface area contributed by atoms with E-state index in [9.17, 15) is 0 Å². The van der Waals surface area contributed by atoms with Crippen LogP contribution >= 0.6 is 0 Å². The van der Waals surface area contributed by atoms with Crippen LogP contribution in [0.1, 0.15) is 47.9 Å². The monoisotopic (exact) mass is 767 g/mol. The van der Waals surface area contributed by atoms with Crippen LogP contribution in [0.2, 0.25) is 0 Å². The minimum Gasteiger partial charge on any atom is -0.310 e. The number of fused-ring (bicyclic) bond motifs is 6. The Morgan fingerprint density at radius 3 is 1.47 bits per heavy atom. The van der Waals surface area contributed by atoms with E-state index < -0.39 is 0 Å². The average Bonchev–Trinajstić information content (AvgIpc) is 3.92. The van der Waals surface area contributed by atoms with Gasteiger partial charge in [0.2, 0.25) is 0 Å². The first-order valence-electron chi connectivity index (χ1n) is 21.4. The van der Waals surface area contributed by atoms with Gasteiger partial charge in [0, 0.05) is 22.5 Å².